The van der Waals surface area contributed by atoms with Crippen LogP contribution in [0, 0.1) is 13.8 Å². The zero-order chi connectivity index (χ0) is 22.1. The summed E-state index contributed by atoms with van der Waals surface area (Å²) in [4.78, 5) is 28.4. The monoisotopic (exact) mass is 461 g/mol. The fourth-order valence-corrected chi connectivity index (χ4v) is 5.91. The third kappa shape index (κ3) is 4.47. The molecule has 2 aromatic heterocycles. The summed E-state index contributed by atoms with van der Waals surface area (Å²) in [5.41, 5.74) is 6.53. The van der Waals surface area contributed by atoms with E-state index in [0.717, 1.165) is 51.2 Å². The molecule has 0 saturated carbocycles. The second-order valence-electron chi connectivity index (χ2n) is 7.98. The second kappa shape index (κ2) is 8.88. The number of fused-ring (bicyclic) bond motifs is 2. The van der Waals surface area contributed by atoms with E-state index in [9.17, 15) is 4.79 Å². The average molecular weight is 462 g/mol. The number of nitrogens with one attached hydrogen (secondary N) is 1. The van der Waals surface area contributed by atoms with Crippen molar-refractivity contribution in [3.05, 3.63) is 71.0 Å². The Morgan fingerprint density at radius 2 is 1.91 bits per heavy atom. The average Bonchev–Trinajstić information content (AvgIpc) is 3.21. The van der Waals surface area contributed by atoms with Gasteiger partial charge in [-0.05, 0) is 54.7 Å². The van der Waals surface area contributed by atoms with Crippen LogP contribution in [0.25, 0.3) is 10.3 Å². The molecule has 5 rings (SSSR count). The summed E-state index contributed by atoms with van der Waals surface area (Å²) in [6.45, 7) is 5.84. The molecule has 1 N–H and O–H groups in total. The third-order valence-corrected chi connectivity index (χ3v) is 7.62. The molecule has 1 amide bonds. The number of aromatic nitrogens is 3. The molecule has 0 bridgehead atoms. The molecule has 4 aromatic rings. The number of amides is 1. The summed E-state index contributed by atoms with van der Waals surface area (Å²) in [5, 5.41) is 4.74. The lowest BCUT2D eigenvalue weighted by Gasteiger charge is -2.28. The van der Waals surface area contributed by atoms with Crippen molar-refractivity contribution in [3.63, 3.8) is 0 Å². The summed E-state index contributed by atoms with van der Waals surface area (Å²) >= 11 is 3.02. The lowest BCUT2D eigenvalue weighted by atomic mass is 10.0. The van der Waals surface area contributed by atoms with E-state index in [0.29, 0.717) is 5.65 Å². The van der Waals surface area contributed by atoms with Crippen LogP contribution in [0.5, 0.6) is 0 Å². The van der Waals surface area contributed by atoms with E-state index in [4.69, 9.17) is 4.98 Å². The van der Waals surface area contributed by atoms with Crippen LogP contribution < -0.4 is 10.2 Å². The Labute approximate surface area is 195 Å². The maximum atomic E-state index is 12.5. The van der Waals surface area contributed by atoms with Gasteiger partial charge in [0.15, 0.2) is 10.8 Å². The molecule has 0 unspecified atom stereocenters. The molecule has 32 heavy (non-hydrogen) atoms. The minimum atomic E-state index is -0.0517. The minimum absolute atomic E-state index is 0.0517. The van der Waals surface area contributed by atoms with Crippen molar-refractivity contribution in [2.75, 3.05) is 22.5 Å². The number of anilines is 2. The number of hydrogen-bond donors (Lipinski definition) is 1. The zero-order valence-electron chi connectivity index (χ0n) is 18.0. The van der Waals surface area contributed by atoms with E-state index in [1.165, 1.54) is 29.2 Å². The van der Waals surface area contributed by atoms with E-state index >= 15 is 0 Å². The molecule has 0 fully saturated rings. The number of aryl methyl sites for hydroxylation is 2. The number of thioether (sulfide) groups is 1. The normalized spacial score (nSPS) is 13.2. The number of hydrogen-bond acceptors (Lipinski definition) is 7. The number of benzene rings is 2. The highest BCUT2D eigenvalue weighted by Gasteiger charge is 2.21. The van der Waals surface area contributed by atoms with Crippen molar-refractivity contribution < 1.29 is 4.79 Å². The third-order valence-electron chi connectivity index (χ3n) is 5.39. The number of thiazole rings is 1. The molecule has 0 radical (unpaired) electrons. The lowest BCUT2D eigenvalue weighted by molar-refractivity contribution is -0.113. The van der Waals surface area contributed by atoms with E-state index in [2.05, 4.69) is 50.5 Å². The Hall–Kier alpha value is -2.97. The maximum absolute atomic E-state index is 12.5. The van der Waals surface area contributed by atoms with E-state index in [1.54, 1.807) is 11.3 Å². The van der Waals surface area contributed by atoms with Gasteiger partial charge in [-0.2, -0.15) is 4.98 Å². The van der Waals surface area contributed by atoms with Crippen molar-refractivity contribution in [1.29, 1.82) is 0 Å². The van der Waals surface area contributed by atoms with Gasteiger partial charge in [-0.15, -0.1) is 0 Å². The van der Waals surface area contributed by atoms with Gasteiger partial charge >= 0.3 is 0 Å². The Morgan fingerprint density at radius 1 is 1.12 bits per heavy atom. The summed E-state index contributed by atoms with van der Waals surface area (Å²) < 4.78 is 0.936. The number of carbonyl (C=O) groups excluding carboxylic acids is 1. The summed E-state index contributed by atoms with van der Waals surface area (Å²) in [6, 6.07) is 14.6. The van der Waals surface area contributed by atoms with Gasteiger partial charge in [-0.1, -0.05) is 53.4 Å². The predicted octanol–water partition coefficient (Wildman–Crippen LogP) is 5.00. The smallest absolute Gasteiger partial charge is 0.234 e. The molecule has 6 nitrogen and oxygen atoms in total. The highest BCUT2D eigenvalue weighted by atomic mass is 32.2. The highest BCUT2D eigenvalue weighted by molar-refractivity contribution is 8.00. The number of carbonyl (C=O) groups is 1. The molecule has 0 aliphatic carbocycles. The zero-order valence-corrected chi connectivity index (χ0v) is 19.6. The first-order valence-electron chi connectivity index (χ1n) is 10.5. The van der Waals surface area contributed by atoms with Crippen molar-refractivity contribution in [1.82, 2.24) is 15.0 Å². The number of rotatable bonds is 5. The molecule has 0 saturated heterocycles. The molecule has 3 heterocycles. The molecular weight excluding hydrogens is 438 g/mol. The van der Waals surface area contributed by atoms with Crippen LogP contribution in [0.4, 0.5) is 10.8 Å². The van der Waals surface area contributed by atoms with Crippen LogP contribution in [-0.4, -0.2) is 33.2 Å². The fraction of sp³-hybridized carbons (Fsp3) is 0.250. The molecule has 2 aromatic carbocycles. The van der Waals surface area contributed by atoms with Gasteiger partial charge in [0.05, 0.1) is 5.75 Å². The van der Waals surface area contributed by atoms with Gasteiger partial charge in [0.1, 0.15) is 16.1 Å². The first kappa shape index (κ1) is 20.9. The topological polar surface area (TPSA) is 71.0 Å². The molecular formula is C24H23N5OS2. The van der Waals surface area contributed by atoms with Crippen LogP contribution in [0.3, 0.4) is 0 Å². The first-order valence-corrected chi connectivity index (χ1v) is 12.3. The van der Waals surface area contributed by atoms with Crippen LogP contribution in [0.2, 0.25) is 0 Å². The summed E-state index contributed by atoms with van der Waals surface area (Å²) in [6.07, 6.45) is 2.54. The summed E-state index contributed by atoms with van der Waals surface area (Å²) in [7, 11) is 0. The predicted molar refractivity (Wildman–Crippen MR) is 132 cm³/mol. The van der Waals surface area contributed by atoms with E-state index in [-0.39, 0.29) is 11.7 Å². The van der Waals surface area contributed by atoms with Gasteiger partial charge in [-0.25, -0.2) is 9.97 Å². The lowest BCUT2D eigenvalue weighted by Crippen LogP contribution is -2.30. The number of nitrogens with zero attached hydrogens (tertiary/aromatic N) is 4. The van der Waals surface area contributed by atoms with Crippen LogP contribution in [0.1, 0.15) is 22.3 Å². The van der Waals surface area contributed by atoms with Crippen molar-refractivity contribution >= 4 is 50.2 Å². The van der Waals surface area contributed by atoms with Gasteiger partial charge in [0.25, 0.3) is 0 Å². The Kier molecular flexibility index (Phi) is 5.80. The van der Waals surface area contributed by atoms with Gasteiger partial charge in [0, 0.05) is 18.8 Å². The second-order valence-corrected chi connectivity index (χ2v) is 9.92. The molecule has 0 atom stereocenters. The van der Waals surface area contributed by atoms with Crippen LogP contribution >= 0.6 is 23.1 Å². The Balaban J connectivity index is 1.30. The van der Waals surface area contributed by atoms with Crippen LogP contribution in [0.15, 0.2) is 53.8 Å². The molecule has 162 valence electrons. The molecule has 0 spiro atoms. The quantitative estimate of drug-likeness (QED) is 0.333. The summed E-state index contributed by atoms with van der Waals surface area (Å²) in [5.74, 6) is 0.229. The molecule has 1 aliphatic heterocycles. The van der Waals surface area contributed by atoms with Crippen molar-refractivity contribution in [3.8, 4) is 0 Å². The van der Waals surface area contributed by atoms with Gasteiger partial charge < -0.3 is 10.2 Å². The van der Waals surface area contributed by atoms with Gasteiger partial charge in [-0.3, -0.25) is 4.79 Å². The van der Waals surface area contributed by atoms with Gasteiger partial charge in [0.2, 0.25) is 5.91 Å². The SMILES string of the molecule is Cc1cc(C)cc(NC(=O)CSc2ncnc3nc(N4CCc5ccccc5C4)sc23)c1. The first-order chi connectivity index (χ1) is 15.5. The van der Waals surface area contributed by atoms with E-state index < -0.39 is 0 Å². The minimum Gasteiger partial charge on any atom is -0.343 e. The molecule has 1 aliphatic rings. The Bertz CT molecular complexity index is 1280. The van der Waals surface area contributed by atoms with Crippen molar-refractivity contribution in [2.45, 2.75) is 31.8 Å². The van der Waals surface area contributed by atoms with Crippen molar-refractivity contribution in [2.24, 2.45) is 0 Å². The maximum Gasteiger partial charge on any atom is 0.234 e. The largest absolute Gasteiger partial charge is 0.343 e. The molecule has 8 heteroatoms. The van der Waals surface area contributed by atoms with Crippen LogP contribution in [-0.2, 0) is 17.8 Å². The standard InChI is InChI=1S/C24H23N5OS2/c1-15-9-16(2)11-19(10-15)27-20(30)13-31-23-21-22(25-14-26-23)28-24(32-21)29-8-7-17-5-3-4-6-18(17)12-29/h3-6,9-11,14H,7-8,12-13H2,1-2H3,(H,27,30). The Morgan fingerprint density at radius 3 is 2.72 bits per heavy atom. The highest BCUT2D eigenvalue weighted by Crippen LogP contribution is 2.35. The van der Waals surface area contributed by atoms with E-state index in [1.807, 2.05) is 26.0 Å². The fourth-order valence-electron chi connectivity index (χ4n) is 4.00.